The van der Waals surface area contributed by atoms with Crippen LogP contribution in [0.5, 0.6) is 0 Å². The molecule has 2 atom stereocenters. The maximum atomic E-state index is 6.63. The second-order valence-corrected chi connectivity index (χ2v) is 10.5. The molecular weight excluding hydrogens is 516 g/mol. The van der Waals surface area contributed by atoms with Crippen molar-refractivity contribution < 1.29 is 13.9 Å². The largest absolute Gasteiger partial charge is 0.414 e. The summed E-state index contributed by atoms with van der Waals surface area (Å²) in [6.07, 6.45) is 5.78. The van der Waals surface area contributed by atoms with Gasteiger partial charge in [0.25, 0.3) is 5.89 Å². The number of hydrogen-bond donors (Lipinski definition) is 2. The van der Waals surface area contributed by atoms with Crippen molar-refractivity contribution in [1.82, 2.24) is 25.5 Å². The number of anilines is 1. The van der Waals surface area contributed by atoms with Crippen LogP contribution in [0.25, 0.3) is 34.3 Å². The Morgan fingerprint density at radius 1 is 0.949 bits per heavy atom. The lowest BCUT2D eigenvalue weighted by Crippen LogP contribution is -2.28. The first kappa shape index (κ1) is 25.9. The number of halogens is 1. The van der Waals surface area contributed by atoms with Gasteiger partial charge in [0.2, 0.25) is 5.89 Å². The van der Waals surface area contributed by atoms with Gasteiger partial charge in [0, 0.05) is 48.6 Å². The Labute approximate surface area is 232 Å². The van der Waals surface area contributed by atoms with Crippen LogP contribution in [-0.2, 0) is 22.4 Å². The lowest BCUT2D eigenvalue weighted by molar-refractivity contribution is 0.184. The number of nitrogens with zero attached hydrogens (tertiary/aromatic N) is 4. The molecule has 10 heteroatoms. The van der Waals surface area contributed by atoms with Crippen LogP contribution < -0.4 is 11.1 Å². The third kappa shape index (κ3) is 6.12. The zero-order valence-electron chi connectivity index (χ0n) is 21.6. The normalized spacial score (nSPS) is 19.1. The number of nitrogens with two attached hydrogens (primary N) is 1. The van der Waals surface area contributed by atoms with E-state index < -0.39 is 0 Å². The number of nitrogen functional groups attached to an aromatic ring is 1. The van der Waals surface area contributed by atoms with Crippen molar-refractivity contribution in [1.29, 1.82) is 0 Å². The van der Waals surface area contributed by atoms with E-state index in [0.717, 1.165) is 75.3 Å². The number of aromatic nitrogens is 4. The minimum atomic E-state index is 0.213. The van der Waals surface area contributed by atoms with Gasteiger partial charge in [0.05, 0.1) is 18.5 Å². The second-order valence-electron chi connectivity index (χ2n) is 10.1. The van der Waals surface area contributed by atoms with E-state index in [1.165, 1.54) is 5.56 Å². The van der Waals surface area contributed by atoms with Crippen LogP contribution in [0.2, 0.25) is 5.02 Å². The fourth-order valence-electron chi connectivity index (χ4n) is 4.93. The van der Waals surface area contributed by atoms with Gasteiger partial charge in [0.15, 0.2) is 11.5 Å². The second kappa shape index (κ2) is 11.8. The Balaban J connectivity index is 1.15. The van der Waals surface area contributed by atoms with Crippen LogP contribution in [0, 0.1) is 5.92 Å². The standard InChI is InChI=1S/C29H31ClN6O3/c30-24-13-22(8-7-20(24)4-3-19-9-11-37-16-19)25-15-33-27(31)26(34-25)29-36-35-28(39-29)21-5-1-18(2-6-21)14-32-23-10-12-38-17-23/h1-2,5-8,13,15,19,23,32H,3-4,9-12,14,16-17H2,(H2,31,33)/t19-,23-/m1/s1. The molecule has 4 heterocycles. The van der Waals surface area contributed by atoms with Crippen molar-refractivity contribution in [2.45, 2.75) is 38.3 Å². The molecule has 2 aromatic carbocycles. The average molecular weight is 547 g/mol. The summed E-state index contributed by atoms with van der Waals surface area (Å²) in [5.74, 6) is 1.43. The van der Waals surface area contributed by atoms with Crippen LogP contribution in [0.15, 0.2) is 53.1 Å². The van der Waals surface area contributed by atoms with Crippen molar-refractivity contribution in [3.63, 3.8) is 0 Å². The van der Waals surface area contributed by atoms with Gasteiger partial charge in [-0.1, -0.05) is 35.9 Å². The quantitative estimate of drug-likeness (QED) is 0.300. The van der Waals surface area contributed by atoms with E-state index in [1.54, 1.807) is 6.20 Å². The summed E-state index contributed by atoms with van der Waals surface area (Å²) < 4.78 is 16.9. The van der Waals surface area contributed by atoms with E-state index in [9.17, 15) is 0 Å². The molecular formula is C29H31ClN6O3. The van der Waals surface area contributed by atoms with Crippen LogP contribution in [0.1, 0.15) is 30.4 Å². The van der Waals surface area contributed by atoms with E-state index in [2.05, 4.69) is 26.6 Å². The molecule has 0 bridgehead atoms. The highest BCUT2D eigenvalue weighted by molar-refractivity contribution is 6.31. The maximum Gasteiger partial charge on any atom is 0.270 e. The Kier molecular flexibility index (Phi) is 7.83. The highest BCUT2D eigenvalue weighted by Crippen LogP contribution is 2.31. The highest BCUT2D eigenvalue weighted by Gasteiger charge is 2.19. The lowest BCUT2D eigenvalue weighted by Gasteiger charge is -2.10. The Bertz CT molecular complexity index is 1420. The summed E-state index contributed by atoms with van der Waals surface area (Å²) in [6, 6.07) is 14.4. The van der Waals surface area contributed by atoms with Gasteiger partial charge < -0.3 is 24.9 Å². The van der Waals surface area contributed by atoms with Gasteiger partial charge in [-0.05, 0) is 60.9 Å². The van der Waals surface area contributed by atoms with Gasteiger partial charge >= 0.3 is 0 Å². The average Bonchev–Trinajstić information content (AvgIpc) is 3.75. The van der Waals surface area contributed by atoms with Gasteiger partial charge in [-0.3, -0.25) is 0 Å². The molecule has 3 N–H and O–H groups in total. The van der Waals surface area contributed by atoms with Crippen molar-refractivity contribution in [2.75, 3.05) is 32.2 Å². The zero-order valence-corrected chi connectivity index (χ0v) is 22.4. The van der Waals surface area contributed by atoms with Crippen molar-refractivity contribution in [3.05, 3.63) is 64.8 Å². The number of nitrogens with one attached hydrogen (secondary N) is 1. The van der Waals surface area contributed by atoms with Crippen molar-refractivity contribution >= 4 is 17.4 Å². The molecule has 0 amide bonds. The summed E-state index contributed by atoms with van der Waals surface area (Å²) in [5.41, 5.74) is 11.1. The van der Waals surface area contributed by atoms with E-state index in [-0.39, 0.29) is 11.7 Å². The number of rotatable bonds is 9. The Morgan fingerprint density at radius 3 is 2.51 bits per heavy atom. The number of hydrogen-bond acceptors (Lipinski definition) is 9. The first-order chi connectivity index (χ1) is 19.1. The zero-order chi connectivity index (χ0) is 26.6. The monoisotopic (exact) mass is 546 g/mol. The van der Waals surface area contributed by atoms with Gasteiger partial charge in [-0.2, -0.15) is 0 Å². The van der Waals surface area contributed by atoms with E-state index in [1.807, 2.05) is 36.4 Å². The van der Waals surface area contributed by atoms with Crippen LogP contribution in [-0.4, -0.2) is 52.6 Å². The van der Waals surface area contributed by atoms with Crippen LogP contribution in [0.3, 0.4) is 0 Å². The molecule has 2 saturated heterocycles. The molecule has 0 unspecified atom stereocenters. The molecule has 39 heavy (non-hydrogen) atoms. The maximum absolute atomic E-state index is 6.63. The third-order valence-electron chi connectivity index (χ3n) is 7.35. The smallest absolute Gasteiger partial charge is 0.270 e. The van der Waals surface area contributed by atoms with E-state index >= 15 is 0 Å². The number of ether oxygens (including phenoxy) is 2. The van der Waals surface area contributed by atoms with Gasteiger partial charge in [0.1, 0.15) is 0 Å². The molecule has 202 valence electrons. The number of aryl methyl sites for hydroxylation is 1. The molecule has 6 rings (SSSR count). The molecule has 4 aromatic rings. The summed E-state index contributed by atoms with van der Waals surface area (Å²) in [5, 5.41) is 12.6. The molecule has 0 saturated carbocycles. The molecule has 0 aliphatic carbocycles. The SMILES string of the molecule is Nc1ncc(-c2ccc(CC[C@@H]3CCOC3)c(Cl)c2)nc1-c1nnc(-c2ccc(CN[C@@H]3CCOC3)cc2)o1. The first-order valence-electron chi connectivity index (χ1n) is 13.4. The van der Waals surface area contributed by atoms with Crippen LogP contribution >= 0.6 is 11.6 Å². The minimum absolute atomic E-state index is 0.213. The fourth-order valence-corrected chi connectivity index (χ4v) is 5.21. The molecule has 9 nitrogen and oxygen atoms in total. The molecule has 0 radical (unpaired) electrons. The fraction of sp³-hybridized carbons (Fsp3) is 0.379. The predicted octanol–water partition coefficient (Wildman–Crippen LogP) is 4.94. The summed E-state index contributed by atoms with van der Waals surface area (Å²) in [4.78, 5) is 9.03. The number of benzene rings is 2. The lowest BCUT2D eigenvalue weighted by atomic mass is 9.98. The van der Waals surface area contributed by atoms with Crippen molar-refractivity contribution in [3.8, 4) is 34.3 Å². The summed E-state index contributed by atoms with van der Waals surface area (Å²) in [7, 11) is 0. The van der Waals surface area contributed by atoms with Gasteiger partial charge in [-0.15, -0.1) is 10.2 Å². The van der Waals surface area contributed by atoms with Crippen molar-refractivity contribution in [2.24, 2.45) is 5.92 Å². The highest BCUT2D eigenvalue weighted by atomic mass is 35.5. The molecule has 2 fully saturated rings. The predicted molar refractivity (Wildman–Crippen MR) is 149 cm³/mol. The first-order valence-corrected chi connectivity index (χ1v) is 13.7. The summed E-state index contributed by atoms with van der Waals surface area (Å²) in [6.45, 7) is 4.08. The van der Waals surface area contributed by atoms with Gasteiger partial charge in [-0.25, -0.2) is 9.97 Å². The third-order valence-corrected chi connectivity index (χ3v) is 7.70. The van der Waals surface area contributed by atoms with E-state index in [4.69, 9.17) is 36.2 Å². The molecule has 2 aromatic heterocycles. The Morgan fingerprint density at radius 2 is 1.74 bits per heavy atom. The van der Waals surface area contributed by atoms with E-state index in [0.29, 0.717) is 34.3 Å². The Hall–Kier alpha value is -3.37. The summed E-state index contributed by atoms with van der Waals surface area (Å²) >= 11 is 6.63. The van der Waals surface area contributed by atoms with Crippen LogP contribution in [0.4, 0.5) is 5.82 Å². The molecule has 2 aliphatic heterocycles. The minimum Gasteiger partial charge on any atom is -0.414 e. The molecule has 0 spiro atoms. The molecule has 2 aliphatic rings. The topological polar surface area (TPSA) is 121 Å².